The van der Waals surface area contributed by atoms with Gasteiger partial charge in [0, 0.05) is 6.54 Å². The SMILES string of the molecule is Cc1cc([C@H]2CNC(=O)N2)ccc1F. The number of carbonyl (C=O) groups excluding carboxylic acids is 1. The largest absolute Gasteiger partial charge is 0.336 e. The third-order valence-electron chi connectivity index (χ3n) is 2.36. The first-order valence-corrected chi connectivity index (χ1v) is 4.47. The van der Waals surface area contributed by atoms with Gasteiger partial charge in [-0.05, 0) is 24.1 Å². The second kappa shape index (κ2) is 3.29. The van der Waals surface area contributed by atoms with Crippen molar-refractivity contribution in [3.05, 3.63) is 35.1 Å². The normalized spacial score (nSPS) is 20.4. The number of aryl methyl sites for hydroxylation is 1. The zero-order valence-electron chi connectivity index (χ0n) is 7.80. The number of nitrogens with one attached hydrogen (secondary N) is 2. The Morgan fingerprint density at radius 2 is 2.29 bits per heavy atom. The Balaban J connectivity index is 2.24. The first-order valence-electron chi connectivity index (χ1n) is 4.47. The zero-order chi connectivity index (χ0) is 10.1. The summed E-state index contributed by atoms with van der Waals surface area (Å²) >= 11 is 0. The molecule has 3 nitrogen and oxygen atoms in total. The van der Waals surface area contributed by atoms with E-state index in [1.807, 2.05) is 0 Å². The first-order chi connectivity index (χ1) is 6.66. The average molecular weight is 194 g/mol. The second-order valence-corrected chi connectivity index (χ2v) is 3.42. The molecular weight excluding hydrogens is 183 g/mol. The molecule has 4 heteroatoms. The zero-order valence-corrected chi connectivity index (χ0v) is 7.80. The van der Waals surface area contributed by atoms with Crippen LogP contribution in [0.2, 0.25) is 0 Å². The van der Waals surface area contributed by atoms with Gasteiger partial charge in [-0.2, -0.15) is 0 Å². The van der Waals surface area contributed by atoms with Crippen LogP contribution >= 0.6 is 0 Å². The van der Waals surface area contributed by atoms with Crippen LogP contribution in [0, 0.1) is 12.7 Å². The topological polar surface area (TPSA) is 41.1 Å². The van der Waals surface area contributed by atoms with E-state index in [0.717, 1.165) is 5.56 Å². The van der Waals surface area contributed by atoms with Gasteiger partial charge in [0.25, 0.3) is 0 Å². The maximum absolute atomic E-state index is 13.0. The van der Waals surface area contributed by atoms with E-state index in [2.05, 4.69) is 10.6 Å². The Morgan fingerprint density at radius 3 is 2.86 bits per heavy atom. The molecule has 1 saturated heterocycles. The van der Waals surface area contributed by atoms with Crippen molar-refractivity contribution in [2.24, 2.45) is 0 Å². The lowest BCUT2D eigenvalue weighted by Gasteiger charge is -2.09. The standard InChI is InChI=1S/C10H11FN2O/c1-6-4-7(2-3-8(6)11)9-5-12-10(14)13-9/h2-4,9H,5H2,1H3,(H2,12,13,14)/t9-/m1/s1. The third kappa shape index (κ3) is 1.55. The Hall–Kier alpha value is -1.58. The molecule has 1 aliphatic rings. The minimum absolute atomic E-state index is 0.0400. The van der Waals surface area contributed by atoms with Crippen molar-refractivity contribution in [2.45, 2.75) is 13.0 Å². The van der Waals surface area contributed by atoms with Gasteiger partial charge in [-0.25, -0.2) is 9.18 Å². The summed E-state index contributed by atoms with van der Waals surface area (Å²) in [5, 5.41) is 5.40. The predicted molar refractivity (Wildman–Crippen MR) is 50.4 cm³/mol. The molecule has 0 radical (unpaired) electrons. The quantitative estimate of drug-likeness (QED) is 0.698. The minimum Gasteiger partial charge on any atom is -0.336 e. The van der Waals surface area contributed by atoms with Gasteiger partial charge in [-0.1, -0.05) is 12.1 Å². The second-order valence-electron chi connectivity index (χ2n) is 3.42. The lowest BCUT2D eigenvalue weighted by Crippen LogP contribution is -2.21. The number of halogens is 1. The summed E-state index contributed by atoms with van der Waals surface area (Å²) < 4.78 is 13.0. The van der Waals surface area contributed by atoms with E-state index in [1.54, 1.807) is 19.1 Å². The molecule has 2 amide bonds. The van der Waals surface area contributed by atoms with Crippen molar-refractivity contribution >= 4 is 6.03 Å². The number of amides is 2. The molecule has 0 bridgehead atoms. The lowest BCUT2D eigenvalue weighted by molar-refractivity contribution is 0.247. The third-order valence-corrected chi connectivity index (χ3v) is 2.36. The van der Waals surface area contributed by atoms with E-state index < -0.39 is 0 Å². The van der Waals surface area contributed by atoms with Crippen LogP contribution in [0.25, 0.3) is 0 Å². The van der Waals surface area contributed by atoms with Gasteiger partial charge in [-0.3, -0.25) is 0 Å². The highest BCUT2D eigenvalue weighted by molar-refractivity contribution is 5.76. The highest BCUT2D eigenvalue weighted by Gasteiger charge is 2.21. The number of hydrogen-bond donors (Lipinski definition) is 2. The number of rotatable bonds is 1. The van der Waals surface area contributed by atoms with E-state index in [1.165, 1.54) is 6.07 Å². The average Bonchev–Trinajstić information content (AvgIpc) is 2.57. The molecule has 0 unspecified atom stereocenters. The minimum atomic E-state index is -0.217. The van der Waals surface area contributed by atoms with Crippen molar-refractivity contribution in [1.29, 1.82) is 0 Å². The van der Waals surface area contributed by atoms with Crippen molar-refractivity contribution in [3.8, 4) is 0 Å². The molecule has 1 aromatic rings. The maximum atomic E-state index is 13.0. The molecule has 1 fully saturated rings. The van der Waals surface area contributed by atoms with Crippen LogP contribution in [0.15, 0.2) is 18.2 Å². The van der Waals surface area contributed by atoms with Crippen LogP contribution in [0.4, 0.5) is 9.18 Å². The van der Waals surface area contributed by atoms with E-state index in [0.29, 0.717) is 12.1 Å². The number of hydrogen-bond acceptors (Lipinski definition) is 1. The van der Waals surface area contributed by atoms with E-state index in [9.17, 15) is 9.18 Å². The van der Waals surface area contributed by atoms with Crippen molar-refractivity contribution < 1.29 is 9.18 Å². The van der Waals surface area contributed by atoms with Crippen LogP contribution < -0.4 is 10.6 Å². The van der Waals surface area contributed by atoms with Crippen LogP contribution in [0.1, 0.15) is 17.2 Å². The predicted octanol–water partition coefficient (Wildman–Crippen LogP) is 1.49. The van der Waals surface area contributed by atoms with Gasteiger partial charge < -0.3 is 10.6 Å². The van der Waals surface area contributed by atoms with Gasteiger partial charge in [0.15, 0.2) is 0 Å². The molecule has 14 heavy (non-hydrogen) atoms. The Labute approximate surface area is 81.3 Å². The Kier molecular flexibility index (Phi) is 2.11. The van der Waals surface area contributed by atoms with E-state index in [4.69, 9.17) is 0 Å². The molecule has 2 N–H and O–H groups in total. The van der Waals surface area contributed by atoms with E-state index >= 15 is 0 Å². The monoisotopic (exact) mass is 194 g/mol. The number of urea groups is 1. The summed E-state index contributed by atoms with van der Waals surface area (Å²) in [4.78, 5) is 10.9. The van der Waals surface area contributed by atoms with Crippen LogP contribution in [-0.4, -0.2) is 12.6 Å². The van der Waals surface area contributed by atoms with E-state index in [-0.39, 0.29) is 17.9 Å². The van der Waals surface area contributed by atoms with Gasteiger partial charge >= 0.3 is 6.03 Å². The summed E-state index contributed by atoms with van der Waals surface area (Å²) in [5.74, 6) is -0.217. The molecule has 0 aromatic heterocycles. The number of carbonyl (C=O) groups is 1. The lowest BCUT2D eigenvalue weighted by atomic mass is 10.1. The Morgan fingerprint density at radius 1 is 1.50 bits per heavy atom. The van der Waals surface area contributed by atoms with Gasteiger partial charge in [0.2, 0.25) is 0 Å². The molecule has 1 aliphatic heterocycles. The van der Waals surface area contributed by atoms with Gasteiger partial charge in [0.05, 0.1) is 6.04 Å². The molecule has 2 rings (SSSR count). The van der Waals surface area contributed by atoms with Crippen molar-refractivity contribution in [2.75, 3.05) is 6.54 Å². The molecule has 1 aromatic carbocycles. The highest BCUT2D eigenvalue weighted by Crippen LogP contribution is 2.18. The summed E-state index contributed by atoms with van der Waals surface area (Å²) in [6.45, 7) is 2.27. The number of benzene rings is 1. The first kappa shape index (κ1) is 8.99. The summed E-state index contributed by atoms with van der Waals surface area (Å²) in [6, 6.07) is 4.67. The fourth-order valence-corrected chi connectivity index (χ4v) is 1.54. The molecular formula is C10H11FN2O. The van der Waals surface area contributed by atoms with Crippen molar-refractivity contribution in [1.82, 2.24) is 10.6 Å². The fraction of sp³-hybridized carbons (Fsp3) is 0.300. The highest BCUT2D eigenvalue weighted by atomic mass is 19.1. The van der Waals surface area contributed by atoms with Crippen LogP contribution in [0.5, 0.6) is 0 Å². The van der Waals surface area contributed by atoms with Gasteiger partial charge in [0.1, 0.15) is 5.82 Å². The summed E-state index contributed by atoms with van der Waals surface area (Å²) in [6.07, 6.45) is 0. The Bertz CT molecular complexity index is 378. The summed E-state index contributed by atoms with van der Waals surface area (Å²) in [7, 11) is 0. The molecule has 0 aliphatic carbocycles. The van der Waals surface area contributed by atoms with Crippen molar-refractivity contribution in [3.63, 3.8) is 0 Å². The maximum Gasteiger partial charge on any atom is 0.315 e. The molecule has 1 heterocycles. The summed E-state index contributed by atoms with van der Waals surface area (Å²) in [5.41, 5.74) is 1.53. The molecule has 0 spiro atoms. The van der Waals surface area contributed by atoms with Gasteiger partial charge in [-0.15, -0.1) is 0 Å². The van der Waals surface area contributed by atoms with Crippen LogP contribution in [0.3, 0.4) is 0 Å². The van der Waals surface area contributed by atoms with Crippen LogP contribution in [-0.2, 0) is 0 Å². The smallest absolute Gasteiger partial charge is 0.315 e. The fourth-order valence-electron chi connectivity index (χ4n) is 1.54. The molecule has 74 valence electrons. The molecule has 0 saturated carbocycles. The molecule has 1 atom stereocenters.